The van der Waals surface area contributed by atoms with Crippen molar-refractivity contribution in [1.29, 1.82) is 0 Å². The molecule has 1 saturated carbocycles. The van der Waals surface area contributed by atoms with Gasteiger partial charge in [-0.25, -0.2) is 4.68 Å². The summed E-state index contributed by atoms with van der Waals surface area (Å²) in [4.78, 5) is 27.0. The number of ether oxygens (including phenoxy) is 2. The molecule has 1 atom stereocenters. The normalized spacial score (nSPS) is 21.5. The average molecular weight is 382 g/mol. The first kappa shape index (κ1) is 17.1. The van der Waals surface area contributed by atoms with Crippen LogP contribution in [-0.2, 0) is 9.59 Å². The van der Waals surface area contributed by atoms with Crippen molar-refractivity contribution in [1.82, 2.24) is 9.78 Å². The predicted molar refractivity (Wildman–Crippen MR) is 101 cm³/mol. The van der Waals surface area contributed by atoms with E-state index in [1.54, 1.807) is 23.2 Å². The molecule has 2 aromatic rings. The number of nitrogens with one attached hydrogen (secondary N) is 1. The lowest BCUT2D eigenvalue weighted by atomic mass is 10.1. The van der Waals surface area contributed by atoms with Crippen LogP contribution in [0.3, 0.4) is 0 Å². The molecule has 0 radical (unpaired) electrons. The molecule has 8 nitrogen and oxygen atoms in total. The van der Waals surface area contributed by atoms with Crippen LogP contribution in [0.1, 0.15) is 38.1 Å². The number of anilines is 2. The van der Waals surface area contributed by atoms with Gasteiger partial charge in [0.25, 0.3) is 0 Å². The lowest BCUT2D eigenvalue weighted by Gasteiger charge is -2.18. The number of rotatable bonds is 4. The molecular weight excluding hydrogens is 360 g/mol. The van der Waals surface area contributed by atoms with Crippen LogP contribution in [-0.4, -0.2) is 34.9 Å². The zero-order valence-corrected chi connectivity index (χ0v) is 15.5. The van der Waals surface area contributed by atoms with E-state index in [0.29, 0.717) is 29.9 Å². The van der Waals surface area contributed by atoms with E-state index >= 15 is 0 Å². The van der Waals surface area contributed by atoms with Gasteiger partial charge >= 0.3 is 0 Å². The number of carbonyl (C=O) groups is 2. The van der Waals surface area contributed by atoms with Crippen LogP contribution in [0, 0.1) is 5.92 Å². The summed E-state index contributed by atoms with van der Waals surface area (Å²) in [7, 11) is 0. The number of aromatic nitrogens is 2. The molecule has 28 heavy (non-hydrogen) atoms. The molecule has 0 spiro atoms. The number of hydrogen-bond donors (Lipinski definition) is 1. The van der Waals surface area contributed by atoms with Crippen molar-refractivity contribution in [2.45, 2.75) is 38.1 Å². The van der Waals surface area contributed by atoms with Crippen LogP contribution in [0.5, 0.6) is 11.5 Å². The molecule has 0 unspecified atom stereocenters. The first-order valence-corrected chi connectivity index (χ1v) is 9.73. The summed E-state index contributed by atoms with van der Waals surface area (Å²) in [6.45, 7) is 0.536. The highest BCUT2D eigenvalue weighted by Gasteiger charge is 2.36. The van der Waals surface area contributed by atoms with Gasteiger partial charge < -0.3 is 19.7 Å². The topological polar surface area (TPSA) is 85.7 Å². The van der Waals surface area contributed by atoms with Gasteiger partial charge in [0.15, 0.2) is 11.5 Å². The van der Waals surface area contributed by atoms with Crippen molar-refractivity contribution in [3.05, 3.63) is 30.5 Å². The van der Waals surface area contributed by atoms with Crippen LogP contribution in [0.15, 0.2) is 30.5 Å². The van der Waals surface area contributed by atoms with Crippen LogP contribution < -0.4 is 19.7 Å². The molecule has 2 fully saturated rings. The third-order valence-electron chi connectivity index (χ3n) is 5.76. The number of fused-ring (bicyclic) bond motifs is 1. The third kappa shape index (κ3) is 2.98. The second-order valence-corrected chi connectivity index (χ2v) is 7.53. The van der Waals surface area contributed by atoms with Gasteiger partial charge in [0.2, 0.25) is 18.6 Å². The molecule has 5 rings (SSSR count). The van der Waals surface area contributed by atoms with Crippen LogP contribution in [0.4, 0.5) is 11.5 Å². The van der Waals surface area contributed by atoms with Crippen molar-refractivity contribution >= 4 is 23.3 Å². The maximum absolute atomic E-state index is 12.8. The van der Waals surface area contributed by atoms with E-state index in [0.717, 1.165) is 18.5 Å². The van der Waals surface area contributed by atoms with E-state index in [4.69, 9.17) is 9.47 Å². The maximum Gasteiger partial charge on any atom is 0.231 e. The zero-order valence-electron chi connectivity index (χ0n) is 15.5. The average Bonchev–Trinajstić information content (AvgIpc) is 3.47. The van der Waals surface area contributed by atoms with Gasteiger partial charge in [-0.3, -0.25) is 9.59 Å². The number of hydrogen-bond acceptors (Lipinski definition) is 5. The Morgan fingerprint density at radius 2 is 1.96 bits per heavy atom. The Hall–Kier alpha value is -3.03. The second-order valence-electron chi connectivity index (χ2n) is 7.53. The van der Waals surface area contributed by atoms with Gasteiger partial charge in [0, 0.05) is 30.8 Å². The van der Waals surface area contributed by atoms with Crippen LogP contribution in [0.25, 0.3) is 0 Å². The Labute approximate surface area is 162 Å². The smallest absolute Gasteiger partial charge is 0.231 e. The molecule has 1 saturated heterocycles. The summed E-state index contributed by atoms with van der Waals surface area (Å²) < 4.78 is 12.6. The molecular formula is C20H22N4O4. The van der Waals surface area contributed by atoms with E-state index < -0.39 is 5.92 Å². The van der Waals surface area contributed by atoms with E-state index in [1.165, 1.54) is 12.8 Å². The standard InChI is InChI=1S/C20H22N4O4/c25-19-9-13(11-23(19)15-5-6-16-17(10-15)28-12-27-16)20(26)22-18-7-8-21-24(18)14-3-1-2-4-14/h5-8,10,13-14H,1-4,9,11-12H2,(H,22,26)/t13-/m0/s1. The molecule has 3 aliphatic rings. The number of amides is 2. The Kier molecular flexibility index (Phi) is 4.18. The molecule has 2 aliphatic heterocycles. The Morgan fingerprint density at radius 3 is 2.82 bits per heavy atom. The highest BCUT2D eigenvalue weighted by molar-refractivity contribution is 6.03. The van der Waals surface area contributed by atoms with Gasteiger partial charge in [-0.2, -0.15) is 5.10 Å². The minimum Gasteiger partial charge on any atom is -0.454 e. The summed E-state index contributed by atoms with van der Waals surface area (Å²) in [6, 6.07) is 7.57. The highest BCUT2D eigenvalue weighted by atomic mass is 16.7. The van der Waals surface area contributed by atoms with Gasteiger partial charge in [-0.1, -0.05) is 12.8 Å². The quantitative estimate of drug-likeness (QED) is 0.879. The van der Waals surface area contributed by atoms with Gasteiger partial charge in [-0.05, 0) is 25.0 Å². The summed E-state index contributed by atoms with van der Waals surface area (Å²) in [5, 5.41) is 7.37. The summed E-state index contributed by atoms with van der Waals surface area (Å²) in [5.41, 5.74) is 0.723. The molecule has 2 amide bonds. The molecule has 0 bridgehead atoms. The summed E-state index contributed by atoms with van der Waals surface area (Å²) in [5.74, 6) is 1.40. The minimum absolute atomic E-state index is 0.0664. The zero-order chi connectivity index (χ0) is 19.1. The number of benzene rings is 1. The summed E-state index contributed by atoms with van der Waals surface area (Å²) >= 11 is 0. The first-order chi connectivity index (χ1) is 13.7. The van der Waals surface area contributed by atoms with Gasteiger partial charge in [0.1, 0.15) is 5.82 Å². The molecule has 3 heterocycles. The largest absolute Gasteiger partial charge is 0.454 e. The Balaban J connectivity index is 1.28. The Bertz CT molecular complexity index is 919. The molecule has 1 N–H and O–H groups in total. The monoisotopic (exact) mass is 382 g/mol. The fourth-order valence-corrected chi connectivity index (χ4v) is 4.27. The van der Waals surface area contributed by atoms with E-state index in [-0.39, 0.29) is 25.0 Å². The first-order valence-electron chi connectivity index (χ1n) is 9.73. The van der Waals surface area contributed by atoms with E-state index in [2.05, 4.69) is 10.4 Å². The van der Waals surface area contributed by atoms with Crippen LogP contribution >= 0.6 is 0 Å². The summed E-state index contributed by atoms with van der Waals surface area (Å²) in [6.07, 6.45) is 6.47. The number of nitrogens with zero attached hydrogens (tertiary/aromatic N) is 3. The van der Waals surface area contributed by atoms with Crippen molar-refractivity contribution in [3.8, 4) is 11.5 Å². The van der Waals surface area contributed by atoms with E-state index in [9.17, 15) is 9.59 Å². The van der Waals surface area contributed by atoms with Crippen molar-refractivity contribution in [3.63, 3.8) is 0 Å². The van der Waals surface area contributed by atoms with E-state index in [1.807, 2.05) is 16.8 Å². The van der Waals surface area contributed by atoms with Crippen molar-refractivity contribution in [2.24, 2.45) is 5.92 Å². The van der Waals surface area contributed by atoms with Crippen molar-refractivity contribution in [2.75, 3.05) is 23.6 Å². The molecule has 1 aliphatic carbocycles. The lowest BCUT2D eigenvalue weighted by molar-refractivity contribution is -0.122. The highest BCUT2D eigenvalue weighted by Crippen LogP contribution is 2.37. The van der Waals surface area contributed by atoms with Crippen LogP contribution in [0.2, 0.25) is 0 Å². The maximum atomic E-state index is 12.8. The lowest BCUT2D eigenvalue weighted by Crippen LogP contribution is -2.29. The second kappa shape index (κ2) is 6.85. The minimum atomic E-state index is -0.398. The Morgan fingerprint density at radius 1 is 1.14 bits per heavy atom. The van der Waals surface area contributed by atoms with Crippen molar-refractivity contribution < 1.29 is 19.1 Å². The van der Waals surface area contributed by atoms with Gasteiger partial charge in [-0.15, -0.1) is 0 Å². The predicted octanol–water partition coefficient (Wildman–Crippen LogP) is 2.72. The fraction of sp³-hybridized carbons (Fsp3) is 0.450. The third-order valence-corrected chi connectivity index (χ3v) is 5.76. The van der Waals surface area contributed by atoms with Gasteiger partial charge in [0.05, 0.1) is 18.2 Å². The SMILES string of the molecule is O=C(Nc1ccnn1C1CCCC1)[C@H]1CC(=O)N(c2ccc3c(c2)OCO3)C1. The molecule has 1 aromatic heterocycles. The fourth-order valence-electron chi connectivity index (χ4n) is 4.27. The molecule has 8 heteroatoms. The molecule has 146 valence electrons. The molecule has 1 aromatic carbocycles. The number of carbonyl (C=O) groups excluding carboxylic acids is 2.